The summed E-state index contributed by atoms with van der Waals surface area (Å²) in [5, 5.41) is 0. The average Bonchev–Trinajstić information content (AvgIpc) is 3.29. The van der Waals surface area contributed by atoms with Gasteiger partial charge in [-0.25, -0.2) is 0 Å². The summed E-state index contributed by atoms with van der Waals surface area (Å²) in [7, 11) is 0. The lowest BCUT2D eigenvalue weighted by Crippen LogP contribution is -2.59. The molecule has 0 bridgehead atoms. The van der Waals surface area contributed by atoms with E-state index in [1.54, 1.807) is 0 Å². The molecule has 2 N–H and O–H groups in total. The van der Waals surface area contributed by atoms with Gasteiger partial charge in [0.25, 0.3) is 0 Å². The highest BCUT2D eigenvalue weighted by Gasteiger charge is 2.46. The molecule has 2 amide bonds. The maximum absolute atomic E-state index is 12.4. The molecule has 5 nitrogen and oxygen atoms in total. The van der Waals surface area contributed by atoms with Crippen molar-refractivity contribution >= 4 is 11.8 Å². The second kappa shape index (κ2) is 4.47. The Bertz CT molecular complexity index is 391. The highest BCUT2D eigenvalue weighted by molar-refractivity contribution is 5.87. The Morgan fingerprint density at radius 1 is 1.00 bits per heavy atom. The van der Waals surface area contributed by atoms with E-state index in [0.29, 0.717) is 32.1 Å². The van der Waals surface area contributed by atoms with Crippen molar-refractivity contribution in [1.29, 1.82) is 0 Å². The van der Waals surface area contributed by atoms with Crippen molar-refractivity contribution in [2.24, 2.45) is 17.6 Å². The third-order valence-corrected chi connectivity index (χ3v) is 4.69. The Hall–Kier alpha value is -1.10. The monoisotopic (exact) mass is 265 g/mol. The molecule has 0 radical (unpaired) electrons. The van der Waals surface area contributed by atoms with Gasteiger partial charge in [0.2, 0.25) is 11.8 Å². The molecule has 19 heavy (non-hydrogen) atoms. The van der Waals surface area contributed by atoms with Crippen LogP contribution in [0, 0.1) is 11.8 Å². The first-order chi connectivity index (χ1) is 9.00. The summed E-state index contributed by atoms with van der Waals surface area (Å²) in [5.74, 6) is 0.970. The summed E-state index contributed by atoms with van der Waals surface area (Å²) in [6.07, 6.45) is 4.22. The molecule has 1 heterocycles. The second-order valence-electron chi connectivity index (χ2n) is 6.45. The number of hydrogen-bond acceptors (Lipinski definition) is 3. The van der Waals surface area contributed by atoms with Gasteiger partial charge in [-0.05, 0) is 38.5 Å². The van der Waals surface area contributed by atoms with Gasteiger partial charge in [-0.15, -0.1) is 0 Å². The van der Waals surface area contributed by atoms with E-state index in [1.165, 1.54) is 0 Å². The fourth-order valence-electron chi connectivity index (χ4n) is 2.92. The molecule has 0 aromatic heterocycles. The van der Waals surface area contributed by atoms with Crippen LogP contribution in [0.2, 0.25) is 0 Å². The molecule has 1 unspecified atom stereocenters. The predicted octanol–water partition coefficient (Wildman–Crippen LogP) is 0.195. The molecule has 1 saturated heterocycles. The highest BCUT2D eigenvalue weighted by Crippen LogP contribution is 2.39. The Kier molecular flexibility index (Phi) is 3.04. The SMILES string of the molecule is CC(N)(C(=O)N1CCN(C(=O)C2CC2)CC1)C1CC1. The molecule has 1 aliphatic heterocycles. The molecular weight excluding hydrogens is 242 g/mol. The molecule has 3 aliphatic rings. The van der Waals surface area contributed by atoms with E-state index in [2.05, 4.69) is 0 Å². The van der Waals surface area contributed by atoms with Gasteiger partial charge < -0.3 is 15.5 Å². The lowest BCUT2D eigenvalue weighted by molar-refractivity contribution is -0.143. The maximum Gasteiger partial charge on any atom is 0.242 e. The van der Waals surface area contributed by atoms with Crippen molar-refractivity contribution in [3.63, 3.8) is 0 Å². The minimum Gasteiger partial charge on any atom is -0.339 e. The van der Waals surface area contributed by atoms with Crippen molar-refractivity contribution in [2.45, 2.75) is 38.1 Å². The van der Waals surface area contributed by atoms with Crippen LogP contribution >= 0.6 is 0 Å². The van der Waals surface area contributed by atoms with Crippen LogP contribution in [-0.2, 0) is 9.59 Å². The fourth-order valence-corrected chi connectivity index (χ4v) is 2.92. The molecule has 1 atom stereocenters. The van der Waals surface area contributed by atoms with Gasteiger partial charge in [0.1, 0.15) is 0 Å². The maximum atomic E-state index is 12.4. The summed E-state index contributed by atoms with van der Waals surface area (Å²) >= 11 is 0. The third kappa shape index (κ3) is 2.48. The van der Waals surface area contributed by atoms with Crippen LogP contribution in [0.15, 0.2) is 0 Å². The first-order valence-electron chi connectivity index (χ1n) is 7.37. The Labute approximate surface area is 114 Å². The third-order valence-electron chi connectivity index (χ3n) is 4.69. The lowest BCUT2D eigenvalue weighted by Gasteiger charge is -2.38. The largest absolute Gasteiger partial charge is 0.339 e. The highest BCUT2D eigenvalue weighted by atomic mass is 16.2. The Morgan fingerprint density at radius 2 is 1.53 bits per heavy atom. The minimum atomic E-state index is -0.706. The second-order valence-corrected chi connectivity index (χ2v) is 6.45. The van der Waals surface area contributed by atoms with Crippen molar-refractivity contribution in [1.82, 2.24) is 9.80 Å². The van der Waals surface area contributed by atoms with Gasteiger partial charge in [0.05, 0.1) is 5.54 Å². The molecule has 106 valence electrons. The van der Waals surface area contributed by atoms with Crippen LogP contribution in [-0.4, -0.2) is 53.3 Å². The average molecular weight is 265 g/mol. The van der Waals surface area contributed by atoms with Gasteiger partial charge in [-0.1, -0.05) is 0 Å². The normalized spacial score (nSPS) is 27.1. The number of amides is 2. The molecule has 2 aliphatic carbocycles. The standard InChI is InChI=1S/C14H23N3O2/c1-14(15,11-4-5-11)13(19)17-8-6-16(7-9-17)12(18)10-2-3-10/h10-11H,2-9,15H2,1H3. The molecule has 3 rings (SSSR count). The van der Waals surface area contributed by atoms with E-state index in [1.807, 2.05) is 16.7 Å². The summed E-state index contributed by atoms with van der Waals surface area (Å²) < 4.78 is 0. The quantitative estimate of drug-likeness (QED) is 0.792. The van der Waals surface area contributed by atoms with E-state index < -0.39 is 5.54 Å². The number of nitrogens with zero attached hydrogens (tertiary/aromatic N) is 2. The number of carbonyl (C=O) groups is 2. The summed E-state index contributed by atoms with van der Waals surface area (Å²) in [4.78, 5) is 28.1. The molecular formula is C14H23N3O2. The van der Waals surface area contributed by atoms with Gasteiger partial charge >= 0.3 is 0 Å². The van der Waals surface area contributed by atoms with Crippen molar-refractivity contribution < 1.29 is 9.59 Å². The number of rotatable bonds is 3. The number of nitrogens with two attached hydrogens (primary N) is 1. The van der Waals surface area contributed by atoms with Crippen LogP contribution < -0.4 is 5.73 Å². The molecule has 2 saturated carbocycles. The Morgan fingerprint density at radius 3 is 2.00 bits per heavy atom. The fraction of sp³-hybridized carbons (Fsp3) is 0.857. The topological polar surface area (TPSA) is 66.6 Å². The van der Waals surface area contributed by atoms with Gasteiger partial charge in [-0.2, -0.15) is 0 Å². The zero-order chi connectivity index (χ0) is 13.6. The zero-order valence-corrected chi connectivity index (χ0v) is 11.6. The first kappa shape index (κ1) is 12.9. The van der Waals surface area contributed by atoms with Crippen LogP contribution in [0.5, 0.6) is 0 Å². The van der Waals surface area contributed by atoms with Crippen molar-refractivity contribution in [2.75, 3.05) is 26.2 Å². The van der Waals surface area contributed by atoms with E-state index in [0.717, 1.165) is 25.7 Å². The Balaban J connectivity index is 1.54. The summed E-state index contributed by atoms with van der Waals surface area (Å²) in [6, 6.07) is 0. The molecule has 0 aromatic carbocycles. The van der Waals surface area contributed by atoms with E-state index >= 15 is 0 Å². The van der Waals surface area contributed by atoms with Gasteiger partial charge in [0.15, 0.2) is 0 Å². The van der Waals surface area contributed by atoms with Crippen LogP contribution in [0.25, 0.3) is 0 Å². The molecule has 3 fully saturated rings. The summed E-state index contributed by atoms with van der Waals surface area (Å²) in [6.45, 7) is 4.46. The van der Waals surface area contributed by atoms with E-state index in [4.69, 9.17) is 5.73 Å². The molecule has 0 spiro atoms. The van der Waals surface area contributed by atoms with Crippen LogP contribution in [0.3, 0.4) is 0 Å². The molecule has 5 heteroatoms. The van der Waals surface area contributed by atoms with Crippen LogP contribution in [0.1, 0.15) is 32.6 Å². The smallest absolute Gasteiger partial charge is 0.242 e. The number of carbonyl (C=O) groups excluding carboxylic acids is 2. The minimum absolute atomic E-state index is 0.0634. The number of hydrogen-bond donors (Lipinski definition) is 1. The van der Waals surface area contributed by atoms with Gasteiger partial charge in [-0.3, -0.25) is 9.59 Å². The van der Waals surface area contributed by atoms with E-state index in [9.17, 15) is 9.59 Å². The van der Waals surface area contributed by atoms with Crippen molar-refractivity contribution in [3.05, 3.63) is 0 Å². The van der Waals surface area contributed by atoms with Crippen molar-refractivity contribution in [3.8, 4) is 0 Å². The predicted molar refractivity (Wildman–Crippen MR) is 71.2 cm³/mol. The first-order valence-corrected chi connectivity index (χ1v) is 7.37. The zero-order valence-electron chi connectivity index (χ0n) is 11.6. The van der Waals surface area contributed by atoms with E-state index in [-0.39, 0.29) is 17.7 Å². The number of piperazine rings is 1. The van der Waals surface area contributed by atoms with Crippen LogP contribution in [0.4, 0.5) is 0 Å². The molecule has 0 aromatic rings. The van der Waals surface area contributed by atoms with Gasteiger partial charge in [0, 0.05) is 32.1 Å². The lowest BCUT2D eigenvalue weighted by atomic mass is 9.95. The summed E-state index contributed by atoms with van der Waals surface area (Å²) in [5.41, 5.74) is 5.47.